The third kappa shape index (κ3) is 5.19. The normalized spacial score (nSPS) is 9.50. The van der Waals surface area contributed by atoms with E-state index in [-0.39, 0.29) is 5.91 Å². The van der Waals surface area contributed by atoms with E-state index < -0.39 is 0 Å². The van der Waals surface area contributed by atoms with Gasteiger partial charge in [-0.15, -0.1) is 6.58 Å². The zero-order valence-corrected chi connectivity index (χ0v) is 8.31. The number of unbranched alkanes of at least 4 members (excludes halogenated alkanes) is 1. The first-order chi connectivity index (χ1) is 5.72. The summed E-state index contributed by atoms with van der Waals surface area (Å²) in [5.74, 6) is -0.00924. The van der Waals surface area contributed by atoms with Crippen LogP contribution in [0.5, 0.6) is 0 Å². The second kappa shape index (κ2) is 7.17. The fourth-order valence-electron chi connectivity index (χ4n) is 0.768. The summed E-state index contributed by atoms with van der Waals surface area (Å²) in [7, 11) is 0. The number of carbonyl (C=O) groups excluding carboxylic acids is 1. The smallest absolute Gasteiger partial charge is 0.237 e. The predicted octanol–water partition coefficient (Wildman–Crippen LogP) is 2.74. The van der Waals surface area contributed by atoms with E-state index in [1.54, 1.807) is 6.08 Å². The van der Waals surface area contributed by atoms with Gasteiger partial charge in [-0.2, -0.15) is 0 Å². The van der Waals surface area contributed by atoms with Gasteiger partial charge in [0.1, 0.15) is 0 Å². The lowest BCUT2D eigenvalue weighted by Gasteiger charge is -2.11. The van der Waals surface area contributed by atoms with Crippen LogP contribution in [0.3, 0.4) is 0 Å². The van der Waals surface area contributed by atoms with E-state index >= 15 is 0 Å². The Kier molecular flexibility index (Phi) is 6.87. The minimum Gasteiger partial charge on any atom is -0.274 e. The van der Waals surface area contributed by atoms with E-state index in [1.807, 2.05) is 0 Å². The molecule has 12 heavy (non-hydrogen) atoms. The standard InChI is InChI=1S/C9H16ClNO/c1-3-5-7-9(12)11(10)8-6-4-2/h3H,1,4-8H2,2H3. The minimum atomic E-state index is -0.00924. The maximum Gasteiger partial charge on any atom is 0.237 e. The molecule has 0 aliphatic heterocycles. The molecule has 0 saturated heterocycles. The Morgan fingerprint density at radius 2 is 2.33 bits per heavy atom. The van der Waals surface area contributed by atoms with Gasteiger partial charge in [0.2, 0.25) is 5.91 Å². The topological polar surface area (TPSA) is 20.3 Å². The summed E-state index contributed by atoms with van der Waals surface area (Å²) in [6.45, 7) is 6.26. The highest BCUT2D eigenvalue weighted by atomic mass is 35.5. The minimum absolute atomic E-state index is 0.00924. The molecular formula is C9H16ClNO. The summed E-state index contributed by atoms with van der Waals surface area (Å²) >= 11 is 5.70. The molecule has 2 nitrogen and oxygen atoms in total. The fraction of sp³-hybridized carbons (Fsp3) is 0.667. The van der Waals surface area contributed by atoms with Crippen molar-refractivity contribution in [2.75, 3.05) is 6.54 Å². The Hall–Kier alpha value is -0.500. The van der Waals surface area contributed by atoms with E-state index in [4.69, 9.17) is 11.8 Å². The van der Waals surface area contributed by atoms with Gasteiger partial charge in [0.15, 0.2) is 0 Å². The highest BCUT2D eigenvalue weighted by Gasteiger charge is 2.07. The van der Waals surface area contributed by atoms with Crippen LogP contribution in [0.2, 0.25) is 0 Å². The molecule has 1 amide bonds. The molecule has 0 rings (SSSR count). The molecule has 0 aliphatic rings. The van der Waals surface area contributed by atoms with Gasteiger partial charge in [0.25, 0.3) is 0 Å². The summed E-state index contributed by atoms with van der Waals surface area (Å²) in [5.41, 5.74) is 0. The summed E-state index contributed by atoms with van der Waals surface area (Å²) in [6.07, 6.45) is 4.91. The Morgan fingerprint density at radius 3 is 2.83 bits per heavy atom. The van der Waals surface area contributed by atoms with Crippen molar-refractivity contribution < 1.29 is 4.79 Å². The molecule has 0 spiro atoms. The van der Waals surface area contributed by atoms with Crippen molar-refractivity contribution in [3.63, 3.8) is 0 Å². The molecule has 0 radical (unpaired) electrons. The van der Waals surface area contributed by atoms with Crippen LogP contribution in [-0.4, -0.2) is 16.9 Å². The van der Waals surface area contributed by atoms with Crippen LogP contribution in [0.25, 0.3) is 0 Å². The summed E-state index contributed by atoms with van der Waals surface area (Å²) in [6, 6.07) is 0. The van der Waals surface area contributed by atoms with Gasteiger partial charge in [-0.25, -0.2) is 0 Å². The van der Waals surface area contributed by atoms with Crippen LogP contribution in [0.4, 0.5) is 0 Å². The van der Waals surface area contributed by atoms with E-state index in [0.717, 1.165) is 12.8 Å². The highest BCUT2D eigenvalue weighted by molar-refractivity contribution is 6.21. The average Bonchev–Trinajstić information content (AvgIpc) is 2.10. The lowest BCUT2D eigenvalue weighted by atomic mass is 10.3. The second-order valence-corrected chi connectivity index (χ2v) is 3.07. The van der Waals surface area contributed by atoms with Crippen molar-refractivity contribution in [1.29, 1.82) is 0 Å². The molecular weight excluding hydrogens is 174 g/mol. The highest BCUT2D eigenvalue weighted by Crippen LogP contribution is 2.03. The Balaban J connectivity index is 3.53. The van der Waals surface area contributed by atoms with Crippen molar-refractivity contribution >= 4 is 17.7 Å². The van der Waals surface area contributed by atoms with Crippen molar-refractivity contribution in [1.82, 2.24) is 4.42 Å². The van der Waals surface area contributed by atoms with Crippen LogP contribution in [-0.2, 0) is 4.79 Å². The van der Waals surface area contributed by atoms with Crippen molar-refractivity contribution in [3.8, 4) is 0 Å². The molecule has 0 heterocycles. The Bertz CT molecular complexity index is 147. The van der Waals surface area contributed by atoms with E-state index in [0.29, 0.717) is 19.4 Å². The third-order valence-electron chi connectivity index (χ3n) is 1.54. The maximum atomic E-state index is 11.2. The van der Waals surface area contributed by atoms with Crippen LogP contribution in [0.1, 0.15) is 32.6 Å². The molecule has 0 aromatic rings. The molecule has 0 saturated carbocycles. The number of hydrogen-bond acceptors (Lipinski definition) is 1. The number of halogens is 1. The number of allylic oxidation sites excluding steroid dienone is 1. The van der Waals surface area contributed by atoms with Crippen molar-refractivity contribution in [3.05, 3.63) is 12.7 Å². The lowest BCUT2D eigenvalue weighted by molar-refractivity contribution is -0.126. The number of nitrogens with zero attached hydrogens (tertiary/aromatic N) is 1. The van der Waals surface area contributed by atoms with Gasteiger partial charge in [-0.05, 0) is 12.8 Å². The first kappa shape index (κ1) is 11.5. The quantitative estimate of drug-likeness (QED) is 0.465. The van der Waals surface area contributed by atoms with Gasteiger partial charge in [-0.3, -0.25) is 9.21 Å². The number of amides is 1. The Labute approximate surface area is 79.3 Å². The van der Waals surface area contributed by atoms with Crippen LogP contribution < -0.4 is 0 Å². The number of rotatable bonds is 6. The molecule has 0 unspecified atom stereocenters. The van der Waals surface area contributed by atoms with Crippen molar-refractivity contribution in [2.24, 2.45) is 0 Å². The van der Waals surface area contributed by atoms with Crippen LogP contribution >= 0.6 is 11.8 Å². The van der Waals surface area contributed by atoms with E-state index in [2.05, 4.69) is 13.5 Å². The van der Waals surface area contributed by atoms with Crippen LogP contribution in [0.15, 0.2) is 12.7 Å². The molecule has 0 aliphatic carbocycles. The molecule has 3 heteroatoms. The van der Waals surface area contributed by atoms with E-state index in [1.165, 1.54) is 4.42 Å². The first-order valence-corrected chi connectivity index (χ1v) is 4.63. The molecule has 0 N–H and O–H groups in total. The molecule has 0 bridgehead atoms. The summed E-state index contributed by atoms with van der Waals surface area (Å²) in [5, 5.41) is 0. The largest absolute Gasteiger partial charge is 0.274 e. The maximum absolute atomic E-state index is 11.2. The van der Waals surface area contributed by atoms with Gasteiger partial charge < -0.3 is 0 Å². The van der Waals surface area contributed by atoms with Crippen LogP contribution in [0, 0.1) is 0 Å². The first-order valence-electron chi connectivity index (χ1n) is 4.29. The average molecular weight is 190 g/mol. The monoisotopic (exact) mass is 189 g/mol. The Morgan fingerprint density at radius 1 is 1.67 bits per heavy atom. The van der Waals surface area contributed by atoms with E-state index in [9.17, 15) is 4.79 Å². The van der Waals surface area contributed by atoms with Gasteiger partial charge in [-0.1, -0.05) is 19.4 Å². The number of carbonyl (C=O) groups is 1. The van der Waals surface area contributed by atoms with Crippen molar-refractivity contribution in [2.45, 2.75) is 32.6 Å². The van der Waals surface area contributed by atoms with Gasteiger partial charge in [0, 0.05) is 24.7 Å². The predicted molar refractivity (Wildman–Crippen MR) is 51.9 cm³/mol. The number of hydrogen-bond donors (Lipinski definition) is 0. The second-order valence-electron chi connectivity index (χ2n) is 2.66. The molecule has 0 aromatic carbocycles. The molecule has 0 aromatic heterocycles. The lowest BCUT2D eigenvalue weighted by Crippen LogP contribution is -2.21. The fourth-order valence-corrected chi connectivity index (χ4v) is 0.973. The summed E-state index contributed by atoms with van der Waals surface area (Å²) in [4.78, 5) is 11.2. The molecule has 70 valence electrons. The molecule has 0 atom stereocenters. The SMILES string of the molecule is C=CCCC(=O)N(Cl)CCCC. The van der Waals surface area contributed by atoms with Gasteiger partial charge in [0.05, 0.1) is 0 Å². The zero-order valence-electron chi connectivity index (χ0n) is 7.55. The zero-order chi connectivity index (χ0) is 9.40. The third-order valence-corrected chi connectivity index (χ3v) is 1.90. The van der Waals surface area contributed by atoms with Gasteiger partial charge >= 0.3 is 0 Å². The summed E-state index contributed by atoms with van der Waals surface area (Å²) < 4.78 is 1.27. The molecule has 0 fully saturated rings.